The number of fused-ring (bicyclic) bond motifs is 1. The van der Waals surface area contributed by atoms with E-state index in [9.17, 15) is 8.42 Å². The maximum absolute atomic E-state index is 13.4. The maximum Gasteiger partial charge on any atom is 0.269 e. The van der Waals surface area contributed by atoms with Gasteiger partial charge in [0.05, 0.1) is 12.6 Å². The first-order valence-electron chi connectivity index (χ1n) is 8.27. The maximum atomic E-state index is 13.4. The summed E-state index contributed by atoms with van der Waals surface area (Å²) in [5.41, 5.74) is 1.55. The summed E-state index contributed by atoms with van der Waals surface area (Å²) in [7, 11) is 1.71. The smallest absolute Gasteiger partial charge is 0.269 e. The SMILES string of the molecule is COc1ccc(S(=O)(=O)n2cc(CCN(C)C)c3cc(Cl)ccc32)c(Br)c1. The van der Waals surface area contributed by atoms with Gasteiger partial charge in [0.1, 0.15) is 10.6 Å². The summed E-state index contributed by atoms with van der Waals surface area (Å²) in [4.78, 5) is 2.23. The van der Waals surface area contributed by atoms with Gasteiger partial charge in [-0.2, -0.15) is 0 Å². The van der Waals surface area contributed by atoms with Gasteiger partial charge >= 0.3 is 0 Å². The van der Waals surface area contributed by atoms with Crippen LogP contribution in [0.15, 0.2) is 52.0 Å². The van der Waals surface area contributed by atoms with Crippen molar-refractivity contribution in [2.45, 2.75) is 11.3 Å². The molecule has 1 aromatic heterocycles. The van der Waals surface area contributed by atoms with Crippen molar-refractivity contribution in [1.29, 1.82) is 0 Å². The lowest BCUT2D eigenvalue weighted by molar-refractivity contribution is 0.414. The van der Waals surface area contributed by atoms with E-state index in [4.69, 9.17) is 16.3 Å². The highest BCUT2D eigenvalue weighted by molar-refractivity contribution is 9.10. The van der Waals surface area contributed by atoms with Crippen LogP contribution in [0, 0.1) is 0 Å². The average Bonchev–Trinajstić information content (AvgIpc) is 2.98. The van der Waals surface area contributed by atoms with Crippen molar-refractivity contribution in [3.63, 3.8) is 0 Å². The minimum absolute atomic E-state index is 0.175. The van der Waals surface area contributed by atoms with Crippen molar-refractivity contribution in [3.8, 4) is 5.75 Å². The lowest BCUT2D eigenvalue weighted by atomic mass is 10.1. The molecule has 0 aliphatic heterocycles. The number of methoxy groups -OCH3 is 1. The third-order valence-corrected chi connectivity index (χ3v) is 7.20. The van der Waals surface area contributed by atoms with Gasteiger partial charge in [0.25, 0.3) is 10.0 Å². The summed E-state index contributed by atoms with van der Waals surface area (Å²) >= 11 is 9.52. The second kappa shape index (κ2) is 7.83. The zero-order valence-electron chi connectivity index (χ0n) is 15.2. The second-order valence-corrected chi connectivity index (χ2v) is 9.54. The molecule has 3 rings (SSSR count). The molecule has 0 saturated heterocycles. The van der Waals surface area contributed by atoms with E-state index in [0.717, 1.165) is 23.9 Å². The van der Waals surface area contributed by atoms with Crippen molar-refractivity contribution in [1.82, 2.24) is 8.87 Å². The molecule has 0 N–H and O–H groups in total. The Bertz CT molecular complexity index is 1090. The van der Waals surface area contributed by atoms with Gasteiger partial charge in [0.15, 0.2) is 0 Å². The standard InChI is InChI=1S/C19H20BrClN2O3S/c1-22(2)9-8-13-12-23(18-6-4-14(21)10-16(13)18)27(24,25)19-7-5-15(26-3)11-17(19)20/h4-7,10-12H,8-9H2,1-3H3. The van der Waals surface area contributed by atoms with E-state index in [1.165, 1.54) is 11.1 Å². The van der Waals surface area contributed by atoms with E-state index < -0.39 is 10.0 Å². The highest BCUT2D eigenvalue weighted by Gasteiger charge is 2.24. The molecule has 2 aromatic carbocycles. The number of hydrogen-bond acceptors (Lipinski definition) is 4. The van der Waals surface area contributed by atoms with Crippen LogP contribution in [0.1, 0.15) is 5.56 Å². The Hall–Kier alpha value is -1.54. The summed E-state index contributed by atoms with van der Waals surface area (Å²) in [6, 6.07) is 10.1. The predicted molar refractivity (Wildman–Crippen MR) is 112 cm³/mol. The number of ether oxygens (including phenoxy) is 1. The fourth-order valence-electron chi connectivity index (χ4n) is 2.90. The molecule has 0 bridgehead atoms. The molecule has 0 aliphatic rings. The molecule has 0 radical (unpaired) electrons. The average molecular weight is 472 g/mol. The summed E-state index contributed by atoms with van der Waals surface area (Å²) in [5, 5.41) is 1.42. The van der Waals surface area contributed by atoms with Crippen LogP contribution in [0.4, 0.5) is 0 Å². The molecule has 5 nitrogen and oxygen atoms in total. The number of halogens is 2. The van der Waals surface area contributed by atoms with Crippen LogP contribution < -0.4 is 4.74 Å². The summed E-state index contributed by atoms with van der Waals surface area (Å²) < 4.78 is 33.6. The van der Waals surface area contributed by atoms with Crippen molar-refractivity contribution < 1.29 is 13.2 Å². The molecular formula is C19H20BrClN2O3S. The van der Waals surface area contributed by atoms with E-state index in [2.05, 4.69) is 20.8 Å². The van der Waals surface area contributed by atoms with E-state index in [-0.39, 0.29) is 4.90 Å². The van der Waals surface area contributed by atoms with E-state index in [0.29, 0.717) is 20.8 Å². The van der Waals surface area contributed by atoms with Gasteiger partial charge in [-0.1, -0.05) is 11.6 Å². The highest BCUT2D eigenvalue weighted by atomic mass is 79.9. The number of aromatic nitrogens is 1. The van der Waals surface area contributed by atoms with Crippen LogP contribution in [-0.4, -0.2) is 45.0 Å². The molecule has 27 heavy (non-hydrogen) atoms. The third kappa shape index (κ3) is 4.01. The molecule has 0 amide bonds. The number of nitrogens with zero attached hydrogens (tertiary/aromatic N) is 2. The van der Waals surface area contributed by atoms with Gasteiger partial charge in [0.2, 0.25) is 0 Å². The topological polar surface area (TPSA) is 51.5 Å². The minimum atomic E-state index is -3.79. The van der Waals surface area contributed by atoms with Crippen LogP contribution in [0.2, 0.25) is 5.02 Å². The molecule has 144 valence electrons. The first-order chi connectivity index (χ1) is 12.7. The second-order valence-electron chi connectivity index (χ2n) is 6.47. The molecule has 3 aromatic rings. The quantitative estimate of drug-likeness (QED) is 0.534. The normalized spacial score (nSPS) is 12.1. The third-order valence-electron chi connectivity index (χ3n) is 4.32. The molecule has 0 fully saturated rings. The van der Waals surface area contributed by atoms with Crippen molar-refractivity contribution in [2.75, 3.05) is 27.7 Å². The molecule has 1 heterocycles. The van der Waals surface area contributed by atoms with Crippen molar-refractivity contribution >= 4 is 48.5 Å². The Balaban J connectivity index is 2.18. The summed E-state index contributed by atoms with van der Waals surface area (Å²) in [6.07, 6.45) is 2.41. The van der Waals surface area contributed by atoms with Crippen molar-refractivity contribution in [2.24, 2.45) is 0 Å². The number of likely N-dealkylation sites (N-methyl/N-ethyl adjacent to an activating group) is 1. The fourth-order valence-corrected chi connectivity index (χ4v) is 5.49. The van der Waals surface area contributed by atoms with Crippen LogP contribution in [0.5, 0.6) is 5.75 Å². The van der Waals surface area contributed by atoms with Gasteiger partial charge in [-0.05, 0) is 78.4 Å². The Morgan fingerprint density at radius 2 is 1.93 bits per heavy atom. The highest BCUT2D eigenvalue weighted by Crippen LogP contribution is 2.32. The Kier molecular flexibility index (Phi) is 5.86. The first kappa shape index (κ1) is 20.2. The van der Waals surface area contributed by atoms with Crippen LogP contribution >= 0.6 is 27.5 Å². The Morgan fingerprint density at radius 3 is 2.56 bits per heavy atom. The molecule has 0 atom stereocenters. The molecule has 0 saturated carbocycles. The zero-order chi connectivity index (χ0) is 19.8. The number of benzene rings is 2. The lowest BCUT2D eigenvalue weighted by Gasteiger charge is -2.10. The van der Waals surface area contributed by atoms with Gasteiger partial charge in [-0.15, -0.1) is 0 Å². The molecule has 0 spiro atoms. The van der Waals surface area contributed by atoms with Gasteiger partial charge < -0.3 is 9.64 Å². The first-order valence-corrected chi connectivity index (χ1v) is 10.9. The van der Waals surface area contributed by atoms with Gasteiger partial charge in [-0.25, -0.2) is 12.4 Å². The van der Waals surface area contributed by atoms with Crippen molar-refractivity contribution in [3.05, 3.63) is 57.7 Å². The van der Waals surface area contributed by atoms with Crippen LogP contribution in [0.25, 0.3) is 10.9 Å². The van der Waals surface area contributed by atoms with Crippen LogP contribution in [0.3, 0.4) is 0 Å². The van der Waals surface area contributed by atoms with Crippen LogP contribution in [-0.2, 0) is 16.4 Å². The number of rotatable bonds is 6. The monoisotopic (exact) mass is 470 g/mol. The largest absolute Gasteiger partial charge is 0.497 e. The summed E-state index contributed by atoms with van der Waals surface area (Å²) in [5.74, 6) is 0.580. The molecule has 0 unspecified atom stereocenters. The van der Waals surface area contributed by atoms with Gasteiger partial charge in [0, 0.05) is 27.6 Å². The Morgan fingerprint density at radius 1 is 1.19 bits per heavy atom. The fraction of sp³-hybridized carbons (Fsp3) is 0.263. The van der Waals surface area contributed by atoms with Gasteiger partial charge in [-0.3, -0.25) is 0 Å². The molecular weight excluding hydrogens is 452 g/mol. The van der Waals surface area contributed by atoms with E-state index >= 15 is 0 Å². The summed E-state index contributed by atoms with van der Waals surface area (Å²) in [6.45, 7) is 0.803. The lowest BCUT2D eigenvalue weighted by Crippen LogP contribution is -2.15. The van der Waals surface area contributed by atoms with E-state index in [1.54, 1.807) is 36.5 Å². The Labute approximate surface area is 172 Å². The zero-order valence-corrected chi connectivity index (χ0v) is 18.4. The number of hydrogen-bond donors (Lipinski definition) is 0. The predicted octanol–water partition coefficient (Wildman–Crippen LogP) is 4.41. The van der Waals surface area contributed by atoms with E-state index in [1.807, 2.05) is 20.2 Å². The minimum Gasteiger partial charge on any atom is -0.497 e. The molecule has 0 aliphatic carbocycles. The molecule has 8 heteroatoms.